The quantitative estimate of drug-likeness (QED) is 0.613. The second-order valence-corrected chi connectivity index (χ2v) is 7.27. The highest BCUT2D eigenvalue weighted by Crippen LogP contribution is 2.14. The lowest BCUT2D eigenvalue weighted by atomic mass is 10.2. The number of nitrogens with one attached hydrogen (secondary N) is 1. The molecule has 1 unspecified atom stereocenters. The van der Waals surface area contributed by atoms with Crippen molar-refractivity contribution in [2.45, 2.75) is 26.1 Å². The van der Waals surface area contributed by atoms with Crippen LogP contribution in [0.25, 0.3) is 0 Å². The number of hydrogen-bond acceptors (Lipinski definition) is 5. The van der Waals surface area contributed by atoms with Crippen LogP contribution in [0.3, 0.4) is 0 Å². The summed E-state index contributed by atoms with van der Waals surface area (Å²) in [5.41, 5.74) is 6.98. The maximum absolute atomic E-state index is 13.1. The Morgan fingerprint density at radius 1 is 1.22 bits per heavy atom. The fraction of sp³-hybridized carbons (Fsp3) is 0.278. The molecule has 0 aromatic heterocycles. The average Bonchev–Trinajstić information content (AvgIpc) is 2.57. The smallest absolute Gasteiger partial charge is 0.261 e. The standard InChI is InChI=1S/C17H19FN2O2.CH4O3S/c1-12(17(19)21)20-10-13-5-7-16(8-6-13)22-11-14-3-2-4-15(18)9-14;1-5(2,3)4/h2-9,12,20H,10-11H2,1H3,(H2,19,21);1H3,(H,2,3,4). The van der Waals surface area contributed by atoms with Crippen molar-refractivity contribution in [2.24, 2.45) is 5.73 Å². The van der Waals surface area contributed by atoms with Crippen molar-refractivity contribution in [1.29, 1.82) is 0 Å². The number of hydrogen-bond donors (Lipinski definition) is 3. The second kappa shape index (κ2) is 10.6. The van der Waals surface area contributed by atoms with E-state index < -0.39 is 10.1 Å². The summed E-state index contributed by atoms with van der Waals surface area (Å²) in [5, 5.41) is 3.02. The normalized spacial score (nSPS) is 11.9. The van der Waals surface area contributed by atoms with Crippen LogP contribution in [-0.4, -0.2) is 31.2 Å². The molecule has 7 nitrogen and oxygen atoms in total. The summed E-state index contributed by atoms with van der Waals surface area (Å²) in [6.07, 6.45) is 0.715. The Balaban J connectivity index is 0.000000646. The van der Waals surface area contributed by atoms with Gasteiger partial charge in [-0.1, -0.05) is 24.3 Å². The zero-order valence-electron chi connectivity index (χ0n) is 15.1. The number of rotatable bonds is 7. The molecule has 0 aliphatic heterocycles. The van der Waals surface area contributed by atoms with Crippen LogP contribution in [0, 0.1) is 5.82 Å². The molecule has 2 aromatic carbocycles. The number of carbonyl (C=O) groups is 1. The predicted octanol–water partition coefficient (Wildman–Crippen LogP) is 1.87. The molecular formula is C18H23FN2O5S. The number of amides is 1. The minimum absolute atomic E-state index is 0.272. The van der Waals surface area contributed by atoms with Crippen LogP contribution in [0.5, 0.6) is 5.75 Å². The Morgan fingerprint density at radius 2 is 1.81 bits per heavy atom. The van der Waals surface area contributed by atoms with E-state index in [2.05, 4.69) is 5.32 Å². The Kier molecular flexibility index (Phi) is 8.86. The Morgan fingerprint density at radius 3 is 2.33 bits per heavy atom. The zero-order valence-corrected chi connectivity index (χ0v) is 15.9. The molecule has 9 heteroatoms. The third-order valence-corrected chi connectivity index (χ3v) is 3.26. The molecule has 1 atom stereocenters. The lowest BCUT2D eigenvalue weighted by Crippen LogP contribution is -2.38. The molecule has 0 spiro atoms. The van der Waals surface area contributed by atoms with Crippen LogP contribution >= 0.6 is 0 Å². The molecule has 0 heterocycles. The van der Waals surface area contributed by atoms with Gasteiger partial charge in [0.1, 0.15) is 18.2 Å². The van der Waals surface area contributed by atoms with Crippen LogP contribution < -0.4 is 15.8 Å². The van der Waals surface area contributed by atoms with Gasteiger partial charge >= 0.3 is 0 Å². The molecule has 1 amide bonds. The van der Waals surface area contributed by atoms with Gasteiger partial charge in [0.2, 0.25) is 5.91 Å². The number of carbonyl (C=O) groups excluding carboxylic acids is 1. The van der Waals surface area contributed by atoms with E-state index in [-0.39, 0.29) is 17.8 Å². The van der Waals surface area contributed by atoms with Crippen molar-refractivity contribution in [3.63, 3.8) is 0 Å². The number of primary amides is 1. The van der Waals surface area contributed by atoms with Gasteiger partial charge in [-0.2, -0.15) is 8.42 Å². The Hall–Kier alpha value is -2.49. The van der Waals surface area contributed by atoms with Gasteiger partial charge in [-0.25, -0.2) is 4.39 Å². The first-order valence-electron chi connectivity index (χ1n) is 7.96. The van der Waals surface area contributed by atoms with Gasteiger partial charge in [0.15, 0.2) is 0 Å². The van der Waals surface area contributed by atoms with Gasteiger partial charge < -0.3 is 15.8 Å². The number of ether oxygens (including phenoxy) is 1. The first-order chi connectivity index (χ1) is 12.5. The summed E-state index contributed by atoms with van der Waals surface area (Å²) in [6, 6.07) is 13.4. The van der Waals surface area contributed by atoms with Gasteiger partial charge in [-0.05, 0) is 42.3 Å². The molecule has 0 saturated heterocycles. The summed E-state index contributed by atoms with van der Waals surface area (Å²) in [5.74, 6) is 0.0529. The van der Waals surface area contributed by atoms with Crippen LogP contribution in [0.1, 0.15) is 18.1 Å². The molecule has 2 rings (SSSR count). The largest absolute Gasteiger partial charge is 0.489 e. The van der Waals surface area contributed by atoms with Gasteiger partial charge in [0.25, 0.3) is 10.1 Å². The van der Waals surface area contributed by atoms with Crippen LogP contribution in [0.2, 0.25) is 0 Å². The molecule has 0 radical (unpaired) electrons. The van der Waals surface area contributed by atoms with Crippen LogP contribution in [0.4, 0.5) is 4.39 Å². The average molecular weight is 398 g/mol. The van der Waals surface area contributed by atoms with Gasteiger partial charge in [-0.15, -0.1) is 0 Å². The van der Waals surface area contributed by atoms with Crippen LogP contribution in [-0.2, 0) is 28.1 Å². The molecule has 0 bridgehead atoms. The van der Waals surface area contributed by atoms with Crippen molar-refractivity contribution in [3.05, 3.63) is 65.5 Å². The third kappa shape index (κ3) is 11.0. The molecular weight excluding hydrogens is 375 g/mol. The van der Waals surface area contributed by atoms with E-state index in [0.29, 0.717) is 25.2 Å². The van der Waals surface area contributed by atoms with Gasteiger partial charge in [0, 0.05) is 6.54 Å². The van der Waals surface area contributed by atoms with Crippen molar-refractivity contribution in [2.75, 3.05) is 6.26 Å². The van der Waals surface area contributed by atoms with E-state index >= 15 is 0 Å². The maximum atomic E-state index is 13.1. The minimum atomic E-state index is -3.67. The molecule has 0 saturated carbocycles. The molecule has 148 valence electrons. The summed E-state index contributed by atoms with van der Waals surface area (Å²) >= 11 is 0. The Labute approximate surface area is 158 Å². The fourth-order valence-corrected chi connectivity index (χ4v) is 1.87. The minimum Gasteiger partial charge on any atom is -0.489 e. The van der Waals surface area contributed by atoms with Gasteiger partial charge in [0.05, 0.1) is 12.3 Å². The highest BCUT2D eigenvalue weighted by molar-refractivity contribution is 7.85. The zero-order chi connectivity index (χ0) is 20.4. The van der Waals surface area contributed by atoms with Crippen molar-refractivity contribution >= 4 is 16.0 Å². The van der Waals surface area contributed by atoms with Crippen LogP contribution in [0.15, 0.2) is 48.5 Å². The van der Waals surface area contributed by atoms with E-state index in [4.69, 9.17) is 15.0 Å². The van der Waals surface area contributed by atoms with Crippen molar-refractivity contribution in [1.82, 2.24) is 5.32 Å². The third-order valence-electron chi connectivity index (χ3n) is 3.26. The van der Waals surface area contributed by atoms with E-state index in [9.17, 15) is 17.6 Å². The SMILES string of the molecule is CC(NCc1ccc(OCc2cccc(F)c2)cc1)C(N)=O.CS(=O)(=O)O. The second-order valence-electron chi connectivity index (χ2n) is 5.80. The number of nitrogens with two attached hydrogens (primary N) is 1. The molecule has 27 heavy (non-hydrogen) atoms. The van der Waals surface area contributed by atoms with E-state index in [1.165, 1.54) is 12.1 Å². The maximum Gasteiger partial charge on any atom is 0.261 e. The Bertz CT molecular complexity index is 833. The highest BCUT2D eigenvalue weighted by Gasteiger charge is 2.07. The number of benzene rings is 2. The predicted molar refractivity (Wildman–Crippen MR) is 100 cm³/mol. The molecule has 0 aliphatic rings. The molecule has 0 aliphatic carbocycles. The lowest BCUT2D eigenvalue weighted by molar-refractivity contribution is -0.119. The van der Waals surface area contributed by atoms with E-state index in [0.717, 1.165) is 11.1 Å². The summed E-state index contributed by atoms with van der Waals surface area (Å²) in [4.78, 5) is 10.9. The first kappa shape index (κ1) is 22.6. The van der Waals surface area contributed by atoms with E-state index in [1.807, 2.05) is 30.3 Å². The van der Waals surface area contributed by atoms with Crippen molar-refractivity contribution < 1.29 is 26.9 Å². The summed E-state index contributed by atoms with van der Waals surface area (Å²) < 4.78 is 44.5. The lowest BCUT2D eigenvalue weighted by Gasteiger charge is -2.11. The molecule has 4 N–H and O–H groups in total. The monoisotopic (exact) mass is 398 g/mol. The molecule has 0 fully saturated rings. The number of halogens is 1. The first-order valence-corrected chi connectivity index (χ1v) is 9.81. The fourth-order valence-electron chi connectivity index (χ4n) is 1.87. The highest BCUT2D eigenvalue weighted by atomic mass is 32.2. The van der Waals surface area contributed by atoms with E-state index in [1.54, 1.807) is 13.0 Å². The topological polar surface area (TPSA) is 119 Å². The molecule has 2 aromatic rings. The van der Waals surface area contributed by atoms with Crippen molar-refractivity contribution in [3.8, 4) is 5.75 Å². The summed E-state index contributed by atoms with van der Waals surface area (Å²) in [6.45, 7) is 2.58. The van der Waals surface area contributed by atoms with Gasteiger partial charge in [-0.3, -0.25) is 9.35 Å². The summed E-state index contributed by atoms with van der Waals surface area (Å²) in [7, 11) is -3.67.